The zero-order valence-corrected chi connectivity index (χ0v) is 15.5. The van der Waals surface area contributed by atoms with Crippen molar-refractivity contribution >= 4 is 32.6 Å². The third-order valence-electron chi connectivity index (χ3n) is 3.97. The molecule has 0 bridgehead atoms. The van der Waals surface area contributed by atoms with Crippen LogP contribution >= 0.6 is 11.3 Å². The van der Waals surface area contributed by atoms with Gasteiger partial charge in [-0.25, -0.2) is 9.37 Å². The third kappa shape index (κ3) is 4.56. The van der Waals surface area contributed by atoms with Crippen LogP contribution in [0.2, 0.25) is 0 Å². The second-order valence-corrected chi connectivity index (χ2v) is 7.01. The molecule has 1 aromatic heterocycles. The number of halogens is 1. The number of para-hydroxylation sites is 1. The quantitative estimate of drug-likeness (QED) is 0.688. The highest BCUT2D eigenvalue weighted by atomic mass is 32.1. The second-order valence-electron chi connectivity index (χ2n) is 5.98. The minimum atomic E-state index is -0.310. The summed E-state index contributed by atoms with van der Waals surface area (Å²) in [5.41, 5.74) is 1.78. The lowest BCUT2D eigenvalue weighted by molar-refractivity contribution is -0.117. The van der Waals surface area contributed by atoms with E-state index in [9.17, 15) is 9.18 Å². The van der Waals surface area contributed by atoms with E-state index in [1.54, 1.807) is 13.2 Å². The number of nitrogens with one attached hydrogen (secondary N) is 1. The summed E-state index contributed by atoms with van der Waals surface area (Å²) in [5, 5.41) is 3.26. The molecule has 0 radical (unpaired) electrons. The van der Waals surface area contributed by atoms with Crippen LogP contribution in [-0.2, 0) is 11.2 Å². The number of likely N-dealkylation sites (N-methyl/N-ethyl adjacent to an activating group) is 1. The predicted octanol–water partition coefficient (Wildman–Crippen LogP) is 3.56. The van der Waals surface area contributed by atoms with Crippen LogP contribution in [0.3, 0.4) is 0 Å². The van der Waals surface area contributed by atoms with E-state index >= 15 is 0 Å². The Morgan fingerprint density at radius 3 is 2.92 bits per heavy atom. The van der Waals surface area contributed by atoms with Gasteiger partial charge in [-0.2, -0.15) is 0 Å². The highest BCUT2D eigenvalue weighted by Crippen LogP contribution is 2.26. The van der Waals surface area contributed by atoms with Crippen molar-refractivity contribution in [1.29, 1.82) is 0 Å². The Balaban J connectivity index is 1.53. The van der Waals surface area contributed by atoms with Crippen molar-refractivity contribution < 1.29 is 13.9 Å². The summed E-state index contributed by atoms with van der Waals surface area (Å²) in [7, 11) is 3.54. The fraction of sp³-hybridized carbons (Fsp3) is 0.263. The number of carbonyl (C=O) groups excluding carboxylic acids is 1. The number of ether oxygens (including phenoxy) is 1. The first kappa shape index (κ1) is 18.3. The summed E-state index contributed by atoms with van der Waals surface area (Å²) in [6.07, 6.45) is 0.786. The van der Waals surface area contributed by atoms with Crippen LogP contribution in [0.4, 0.5) is 9.52 Å². The lowest BCUT2D eigenvalue weighted by Crippen LogP contribution is -2.31. The van der Waals surface area contributed by atoms with Gasteiger partial charge >= 0.3 is 0 Å². The maximum atomic E-state index is 13.2. The molecule has 0 fully saturated rings. The Hall–Kier alpha value is -2.51. The Morgan fingerprint density at radius 2 is 2.12 bits per heavy atom. The number of hydrogen-bond donors (Lipinski definition) is 1. The van der Waals surface area contributed by atoms with Gasteiger partial charge in [-0.1, -0.05) is 29.5 Å². The van der Waals surface area contributed by atoms with Gasteiger partial charge < -0.3 is 10.1 Å². The zero-order valence-electron chi connectivity index (χ0n) is 14.7. The van der Waals surface area contributed by atoms with Crippen molar-refractivity contribution in [2.45, 2.75) is 6.42 Å². The maximum absolute atomic E-state index is 13.2. The van der Waals surface area contributed by atoms with Crippen LogP contribution in [0.15, 0.2) is 42.5 Å². The molecule has 136 valence electrons. The third-order valence-corrected chi connectivity index (χ3v) is 4.90. The average Bonchev–Trinajstić information content (AvgIpc) is 3.01. The molecule has 7 heteroatoms. The molecule has 0 spiro atoms. The summed E-state index contributed by atoms with van der Waals surface area (Å²) >= 11 is 1.26. The minimum Gasteiger partial charge on any atom is -0.496 e. The Morgan fingerprint density at radius 1 is 1.31 bits per heavy atom. The molecule has 5 nitrogen and oxygen atoms in total. The van der Waals surface area contributed by atoms with Gasteiger partial charge in [-0.3, -0.25) is 9.69 Å². The highest BCUT2D eigenvalue weighted by molar-refractivity contribution is 7.22. The number of thiazole rings is 1. The summed E-state index contributed by atoms with van der Waals surface area (Å²) in [4.78, 5) is 18.5. The molecule has 0 saturated heterocycles. The zero-order chi connectivity index (χ0) is 18.5. The molecule has 1 N–H and O–H groups in total. The van der Waals surface area contributed by atoms with Crippen molar-refractivity contribution in [3.8, 4) is 5.75 Å². The van der Waals surface area contributed by atoms with Crippen LogP contribution in [0.1, 0.15) is 5.56 Å². The molecule has 3 rings (SSSR count). The van der Waals surface area contributed by atoms with Crippen LogP contribution in [0.5, 0.6) is 5.75 Å². The minimum absolute atomic E-state index is 0.146. The van der Waals surface area contributed by atoms with E-state index in [0.29, 0.717) is 15.3 Å². The van der Waals surface area contributed by atoms with Crippen LogP contribution in [0, 0.1) is 5.82 Å². The molecule has 2 aromatic carbocycles. The second kappa shape index (κ2) is 8.25. The van der Waals surface area contributed by atoms with Gasteiger partial charge in [0.25, 0.3) is 0 Å². The monoisotopic (exact) mass is 373 g/mol. The summed E-state index contributed by atoms with van der Waals surface area (Å²) in [6.45, 7) is 0.971. The smallest absolute Gasteiger partial charge is 0.240 e. The van der Waals surface area contributed by atoms with Gasteiger partial charge in [0, 0.05) is 6.54 Å². The number of aromatic nitrogens is 1. The van der Waals surface area contributed by atoms with Gasteiger partial charge in [0.2, 0.25) is 5.91 Å². The molecule has 26 heavy (non-hydrogen) atoms. The molecule has 1 heterocycles. The first-order valence-corrected chi connectivity index (χ1v) is 9.03. The fourth-order valence-corrected chi connectivity index (χ4v) is 3.56. The lowest BCUT2D eigenvalue weighted by atomic mass is 10.1. The summed E-state index contributed by atoms with van der Waals surface area (Å²) in [6, 6.07) is 12.2. The number of carbonyl (C=O) groups is 1. The molecule has 0 atom stereocenters. The highest BCUT2D eigenvalue weighted by Gasteiger charge is 2.11. The number of benzene rings is 2. The van der Waals surface area contributed by atoms with Gasteiger partial charge in [-0.15, -0.1) is 0 Å². The van der Waals surface area contributed by atoms with Gasteiger partial charge in [0.15, 0.2) is 5.13 Å². The summed E-state index contributed by atoms with van der Waals surface area (Å²) < 4.78 is 19.3. The number of fused-ring (bicyclic) bond motifs is 1. The van der Waals surface area contributed by atoms with Crippen molar-refractivity contribution in [1.82, 2.24) is 9.88 Å². The predicted molar refractivity (Wildman–Crippen MR) is 102 cm³/mol. The number of rotatable bonds is 7. The van der Waals surface area contributed by atoms with Crippen LogP contribution < -0.4 is 10.1 Å². The average molecular weight is 373 g/mol. The van der Waals surface area contributed by atoms with Crippen LogP contribution in [-0.4, -0.2) is 43.0 Å². The number of amides is 1. The lowest BCUT2D eigenvalue weighted by Gasteiger charge is -2.16. The molecule has 0 unspecified atom stereocenters. The van der Waals surface area contributed by atoms with E-state index in [2.05, 4.69) is 10.3 Å². The van der Waals surface area contributed by atoms with Gasteiger partial charge in [0.1, 0.15) is 11.6 Å². The fourth-order valence-electron chi connectivity index (χ4n) is 2.66. The SMILES string of the molecule is COc1ccccc1CCN(C)CC(=O)Nc1nc2ccc(F)cc2s1. The number of anilines is 1. The van der Waals surface area contributed by atoms with E-state index in [4.69, 9.17) is 4.74 Å². The molecule has 3 aromatic rings. The Labute approximate surface area is 155 Å². The molecule has 0 aliphatic carbocycles. The standard InChI is InChI=1S/C19H20FN3O2S/c1-23(10-9-13-5-3-4-6-16(13)25-2)12-18(24)22-19-21-15-8-7-14(20)11-17(15)26-19/h3-8,11H,9-10,12H2,1-2H3,(H,21,22,24). The van der Waals surface area contributed by atoms with E-state index < -0.39 is 0 Å². The topological polar surface area (TPSA) is 54.5 Å². The van der Waals surface area contributed by atoms with Crippen LogP contribution in [0.25, 0.3) is 10.2 Å². The van der Waals surface area contributed by atoms with E-state index in [0.717, 1.165) is 24.3 Å². The normalized spacial score (nSPS) is 11.1. The molecular weight excluding hydrogens is 353 g/mol. The molecular formula is C19H20FN3O2S. The number of hydrogen-bond acceptors (Lipinski definition) is 5. The Kier molecular flexibility index (Phi) is 5.80. The maximum Gasteiger partial charge on any atom is 0.240 e. The summed E-state index contributed by atoms with van der Waals surface area (Å²) in [5.74, 6) is 0.397. The Bertz CT molecular complexity index is 913. The van der Waals surface area contributed by atoms with Gasteiger partial charge in [-0.05, 0) is 43.3 Å². The first-order valence-electron chi connectivity index (χ1n) is 8.21. The van der Waals surface area contributed by atoms with Crippen molar-refractivity contribution in [3.05, 3.63) is 53.8 Å². The molecule has 0 aliphatic heterocycles. The van der Waals surface area contributed by atoms with E-state index in [1.165, 1.54) is 23.5 Å². The number of nitrogens with zero attached hydrogens (tertiary/aromatic N) is 2. The van der Waals surface area contributed by atoms with Crippen molar-refractivity contribution in [2.75, 3.05) is 32.6 Å². The van der Waals surface area contributed by atoms with E-state index in [1.807, 2.05) is 36.2 Å². The molecule has 0 aliphatic rings. The van der Waals surface area contributed by atoms with Crippen molar-refractivity contribution in [3.63, 3.8) is 0 Å². The molecule has 1 amide bonds. The first-order chi connectivity index (χ1) is 12.5. The number of methoxy groups -OCH3 is 1. The van der Waals surface area contributed by atoms with E-state index in [-0.39, 0.29) is 18.3 Å². The largest absolute Gasteiger partial charge is 0.496 e. The molecule has 0 saturated carbocycles. The van der Waals surface area contributed by atoms with Gasteiger partial charge in [0.05, 0.1) is 23.9 Å². The van der Waals surface area contributed by atoms with Crippen molar-refractivity contribution in [2.24, 2.45) is 0 Å².